The molecule has 0 amide bonds. The Bertz CT molecular complexity index is 989. The van der Waals surface area contributed by atoms with Crippen LogP contribution in [0.3, 0.4) is 0 Å². The first-order valence-electron chi connectivity index (χ1n) is 9.48. The minimum Gasteiger partial charge on any atom is -0.368 e. The van der Waals surface area contributed by atoms with Gasteiger partial charge in [-0.25, -0.2) is 0 Å². The lowest BCUT2D eigenvalue weighted by atomic mass is 10.0. The quantitative estimate of drug-likeness (QED) is 0.554. The molecule has 2 aliphatic heterocycles. The zero-order valence-corrected chi connectivity index (χ0v) is 15.2. The topological polar surface area (TPSA) is 39.7 Å². The van der Waals surface area contributed by atoms with Crippen molar-refractivity contribution in [3.8, 4) is 11.1 Å². The van der Waals surface area contributed by atoms with E-state index in [0.717, 1.165) is 48.8 Å². The molecule has 0 saturated carbocycles. The molecular formula is C23H22N4. The van der Waals surface area contributed by atoms with Crippen LogP contribution >= 0.6 is 0 Å². The van der Waals surface area contributed by atoms with Crippen molar-refractivity contribution in [2.24, 2.45) is 4.99 Å². The molecule has 0 unspecified atom stereocenters. The van der Waals surface area contributed by atoms with E-state index >= 15 is 0 Å². The van der Waals surface area contributed by atoms with Crippen molar-refractivity contribution in [3.05, 3.63) is 72.3 Å². The summed E-state index contributed by atoms with van der Waals surface area (Å²) in [5.74, 6) is 0. The SMILES string of the molecule is C1=Nc2cc(-c3ccccc3)ccc2Nc2cccc(N3CCNCC3)c21. The van der Waals surface area contributed by atoms with Gasteiger partial charge in [0.05, 0.1) is 11.4 Å². The molecule has 0 aromatic heterocycles. The fraction of sp³-hybridized carbons (Fsp3) is 0.174. The first-order valence-corrected chi connectivity index (χ1v) is 9.48. The Hall–Kier alpha value is -3.11. The van der Waals surface area contributed by atoms with Crippen LogP contribution in [0.4, 0.5) is 22.7 Å². The standard InChI is InChI=1S/C23H22N4/c1-2-5-17(6-3-1)18-9-10-21-22(15-18)25-16-19-20(26-21)7-4-8-23(19)27-13-11-24-12-14-27/h1-10,15-16,24,26H,11-14H2. The Labute approximate surface area is 159 Å². The maximum atomic E-state index is 4.84. The largest absolute Gasteiger partial charge is 0.368 e. The van der Waals surface area contributed by atoms with Crippen molar-refractivity contribution in [1.82, 2.24) is 5.32 Å². The highest BCUT2D eigenvalue weighted by Gasteiger charge is 2.18. The summed E-state index contributed by atoms with van der Waals surface area (Å²) in [6.07, 6.45) is 2.01. The van der Waals surface area contributed by atoms with Gasteiger partial charge >= 0.3 is 0 Å². The van der Waals surface area contributed by atoms with Gasteiger partial charge in [0.25, 0.3) is 0 Å². The summed E-state index contributed by atoms with van der Waals surface area (Å²) in [5.41, 5.74) is 7.93. The van der Waals surface area contributed by atoms with Crippen LogP contribution < -0.4 is 15.5 Å². The average Bonchev–Trinajstić information content (AvgIpc) is 2.93. The second-order valence-corrected chi connectivity index (χ2v) is 6.96. The van der Waals surface area contributed by atoms with Gasteiger partial charge in [-0.15, -0.1) is 0 Å². The monoisotopic (exact) mass is 354 g/mol. The van der Waals surface area contributed by atoms with Gasteiger partial charge in [0.1, 0.15) is 0 Å². The number of fused-ring (bicyclic) bond motifs is 2. The number of benzene rings is 3. The van der Waals surface area contributed by atoms with Crippen LogP contribution in [0.25, 0.3) is 11.1 Å². The molecule has 2 heterocycles. The second-order valence-electron chi connectivity index (χ2n) is 6.96. The molecule has 4 heteroatoms. The van der Waals surface area contributed by atoms with Gasteiger partial charge < -0.3 is 15.5 Å². The van der Waals surface area contributed by atoms with E-state index in [1.165, 1.54) is 16.8 Å². The average molecular weight is 354 g/mol. The number of nitrogens with one attached hydrogen (secondary N) is 2. The van der Waals surface area contributed by atoms with Crippen LogP contribution in [0, 0.1) is 0 Å². The Kier molecular flexibility index (Phi) is 4.11. The van der Waals surface area contributed by atoms with Crippen LogP contribution in [-0.4, -0.2) is 32.4 Å². The van der Waals surface area contributed by atoms with Crippen molar-refractivity contribution < 1.29 is 0 Å². The molecular weight excluding hydrogens is 332 g/mol. The van der Waals surface area contributed by atoms with E-state index in [2.05, 4.69) is 76.2 Å². The molecule has 0 atom stereocenters. The zero-order chi connectivity index (χ0) is 18.1. The molecule has 0 spiro atoms. The number of rotatable bonds is 2. The lowest BCUT2D eigenvalue weighted by molar-refractivity contribution is 0.589. The summed E-state index contributed by atoms with van der Waals surface area (Å²) in [6.45, 7) is 4.09. The fourth-order valence-electron chi connectivity index (χ4n) is 3.81. The van der Waals surface area contributed by atoms with E-state index in [0.29, 0.717) is 0 Å². The summed E-state index contributed by atoms with van der Waals surface area (Å²) in [6, 6.07) is 23.3. The third-order valence-electron chi connectivity index (χ3n) is 5.25. The second kappa shape index (κ2) is 6.89. The van der Waals surface area contributed by atoms with E-state index in [9.17, 15) is 0 Å². The molecule has 2 N–H and O–H groups in total. The lowest BCUT2D eigenvalue weighted by Crippen LogP contribution is -2.43. The lowest BCUT2D eigenvalue weighted by Gasteiger charge is -2.31. The van der Waals surface area contributed by atoms with Gasteiger partial charge in [0.2, 0.25) is 0 Å². The predicted octanol–water partition coefficient (Wildman–Crippen LogP) is 4.57. The number of piperazine rings is 1. The van der Waals surface area contributed by atoms with Crippen molar-refractivity contribution in [2.45, 2.75) is 0 Å². The molecule has 0 radical (unpaired) electrons. The van der Waals surface area contributed by atoms with E-state index in [1.54, 1.807) is 0 Å². The molecule has 2 aliphatic rings. The third-order valence-corrected chi connectivity index (χ3v) is 5.25. The first-order chi connectivity index (χ1) is 13.4. The Morgan fingerprint density at radius 3 is 2.48 bits per heavy atom. The highest BCUT2D eigenvalue weighted by molar-refractivity contribution is 6.01. The molecule has 1 saturated heterocycles. The van der Waals surface area contributed by atoms with Gasteiger partial charge in [-0.3, -0.25) is 4.99 Å². The van der Waals surface area contributed by atoms with E-state index in [4.69, 9.17) is 4.99 Å². The molecule has 4 nitrogen and oxygen atoms in total. The Morgan fingerprint density at radius 1 is 0.778 bits per heavy atom. The number of hydrogen-bond donors (Lipinski definition) is 2. The van der Waals surface area contributed by atoms with Crippen LogP contribution in [0.2, 0.25) is 0 Å². The zero-order valence-electron chi connectivity index (χ0n) is 15.2. The smallest absolute Gasteiger partial charge is 0.0870 e. The summed E-state index contributed by atoms with van der Waals surface area (Å²) in [4.78, 5) is 7.28. The van der Waals surface area contributed by atoms with E-state index < -0.39 is 0 Å². The van der Waals surface area contributed by atoms with Crippen molar-refractivity contribution in [2.75, 3.05) is 36.4 Å². The molecule has 3 aromatic carbocycles. The molecule has 1 fully saturated rings. The highest BCUT2D eigenvalue weighted by Crippen LogP contribution is 2.38. The highest BCUT2D eigenvalue weighted by atomic mass is 15.2. The van der Waals surface area contributed by atoms with Crippen LogP contribution in [-0.2, 0) is 0 Å². The molecule has 0 aliphatic carbocycles. The maximum Gasteiger partial charge on any atom is 0.0870 e. The minimum absolute atomic E-state index is 0.971. The third kappa shape index (κ3) is 3.09. The summed E-state index contributed by atoms with van der Waals surface area (Å²) in [7, 11) is 0. The minimum atomic E-state index is 0.971. The molecule has 134 valence electrons. The number of hydrogen-bond acceptors (Lipinski definition) is 4. The summed E-state index contributed by atoms with van der Waals surface area (Å²) < 4.78 is 0. The molecule has 27 heavy (non-hydrogen) atoms. The van der Waals surface area contributed by atoms with Crippen LogP contribution in [0.1, 0.15) is 5.56 Å². The molecule has 5 rings (SSSR count). The normalized spacial score (nSPS) is 15.5. The van der Waals surface area contributed by atoms with Gasteiger partial charge in [0, 0.05) is 49.3 Å². The fourth-order valence-corrected chi connectivity index (χ4v) is 3.81. The van der Waals surface area contributed by atoms with Gasteiger partial charge in [-0.05, 0) is 35.4 Å². The summed E-state index contributed by atoms with van der Waals surface area (Å²) in [5, 5.41) is 7.02. The number of nitrogens with zero attached hydrogens (tertiary/aromatic N) is 2. The van der Waals surface area contributed by atoms with Gasteiger partial charge in [0.15, 0.2) is 0 Å². The van der Waals surface area contributed by atoms with Gasteiger partial charge in [-0.1, -0.05) is 42.5 Å². The van der Waals surface area contributed by atoms with Crippen LogP contribution in [0.5, 0.6) is 0 Å². The number of aliphatic imine (C=N–C) groups is 1. The summed E-state index contributed by atoms with van der Waals surface area (Å²) >= 11 is 0. The molecule has 0 bridgehead atoms. The predicted molar refractivity (Wildman–Crippen MR) is 114 cm³/mol. The number of anilines is 3. The van der Waals surface area contributed by atoms with Crippen LogP contribution in [0.15, 0.2) is 71.7 Å². The Morgan fingerprint density at radius 2 is 1.63 bits per heavy atom. The van der Waals surface area contributed by atoms with Crippen molar-refractivity contribution >= 4 is 29.0 Å². The Balaban J connectivity index is 1.54. The van der Waals surface area contributed by atoms with Crippen molar-refractivity contribution in [1.29, 1.82) is 0 Å². The van der Waals surface area contributed by atoms with E-state index in [-0.39, 0.29) is 0 Å². The van der Waals surface area contributed by atoms with Gasteiger partial charge in [-0.2, -0.15) is 0 Å². The van der Waals surface area contributed by atoms with E-state index in [1.807, 2.05) is 12.3 Å². The molecule has 3 aromatic rings. The maximum absolute atomic E-state index is 4.84. The van der Waals surface area contributed by atoms with Crippen molar-refractivity contribution in [3.63, 3.8) is 0 Å². The first kappa shape index (κ1) is 16.1.